The van der Waals surface area contributed by atoms with E-state index in [2.05, 4.69) is 0 Å². The molecule has 10 heteroatoms. The molecule has 0 radical (unpaired) electrons. The van der Waals surface area contributed by atoms with E-state index in [9.17, 15) is 28.6 Å². The molecule has 0 amide bonds. The van der Waals surface area contributed by atoms with E-state index in [0.717, 1.165) is 30.3 Å². The molecule has 0 spiro atoms. The molecule has 0 unspecified atom stereocenters. The first-order valence-corrected chi connectivity index (χ1v) is 8.11. The smallest absolute Gasteiger partial charge is 0.339 e. The Kier molecular flexibility index (Phi) is 4.79. The van der Waals surface area contributed by atoms with Crippen LogP contribution >= 0.6 is 0 Å². The maximum Gasteiger partial charge on any atom is 0.339 e. The largest absolute Gasteiger partial charge is 0.379 e. The van der Waals surface area contributed by atoms with E-state index in [4.69, 9.17) is 4.18 Å². The molecule has 2 rings (SSSR count). The molecule has 0 fully saturated rings. The fraction of sp³-hybridized carbons (Fsp3) is 0.143. The fourth-order valence-electron chi connectivity index (χ4n) is 1.98. The quantitative estimate of drug-likeness (QED) is 0.444. The molecular weight excluding hydrogens is 340 g/mol. The van der Waals surface area contributed by atoms with Crippen molar-refractivity contribution in [1.82, 2.24) is 0 Å². The van der Waals surface area contributed by atoms with Gasteiger partial charge in [0, 0.05) is 24.3 Å². The molecule has 2 aromatic carbocycles. The van der Waals surface area contributed by atoms with E-state index >= 15 is 0 Å². The Labute approximate surface area is 136 Å². The summed E-state index contributed by atoms with van der Waals surface area (Å²) in [6.45, 7) is 1.70. The predicted molar refractivity (Wildman–Crippen MR) is 83.4 cm³/mol. The minimum absolute atomic E-state index is 0.130. The van der Waals surface area contributed by atoms with Crippen molar-refractivity contribution in [1.29, 1.82) is 0 Å². The standard InChI is InChI=1S/C14H12N2O7S/c1-2-10-3-4-12(16(19)20)9-14(10)24(21,22)23-13-7-5-11(6-8-13)15(17)18/h3-9H,2H2,1H3. The Bertz CT molecular complexity index is 892. The highest BCUT2D eigenvalue weighted by atomic mass is 32.2. The molecule has 0 aliphatic heterocycles. The number of nitrogens with zero attached hydrogens (tertiary/aromatic N) is 2. The fourth-order valence-corrected chi connectivity index (χ4v) is 3.23. The van der Waals surface area contributed by atoms with Crippen molar-refractivity contribution in [2.75, 3.05) is 0 Å². The second-order valence-electron chi connectivity index (χ2n) is 4.69. The van der Waals surface area contributed by atoms with Gasteiger partial charge in [0.05, 0.1) is 9.85 Å². The SMILES string of the molecule is CCc1ccc([N+](=O)[O-])cc1S(=O)(=O)Oc1ccc([N+](=O)[O-])cc1. The summed E-state index contributed by atoms with van der Waals surface area (Å²) in [5, 5.41) is 21.4. The van der Waals surface area contributed by atoms with E-state index in [1.165, 1.54) is 12.1 Å². The maximum atomic E-state index is 12.4. The second-order valence-corrected chi connectivity index (χ2v) is 6.21. The first kappa shape index (κ1) is 17.3. The second kappa shape index (κ2) is 6.62. The van der Waals surface area contributed by atoms with Crippen LogP contribution in [0.4, 0.5) is 11.4 Å². The molecule has 0 heterocycles. The van der Waals surface area contributed by atoms with Crippen LogP contribution in [0.3, 0.4) is 0 Å². The summed E-state index contributed by atoms with van der Waals surface area (Å²) in [6.07, 6.45) is 0.330. The number of nitro benzene ring substituents is 2. The van der Waals surface area contributed by atoms with Crippen molar-refractivity contribution >= 4 is 21.5 Å². The number of hydrogen-bond acceptors (Lipinski definition) is 7. The van der Waals surface area contributed by atoms with Gasteiger partial charge in [0.25, 0.3) is 11.4 Å². The van der Waals surface area contributed by atoms with Crippen LogP contribution in [-0.2, 0) is 16.5 Å². The summed E-state index contributed by atoms with van der Waals surface area (Å²) in [6, 6.07) is 7.96. The highest BCUT2D eigenvalue weighted by Crippen LogP contribution is 2.27. The van der Waals surface area contributed by atoms with Gasteiger partial charge in [0.2, 0.25) is 0 Å². The average molecular weight is 352 g/mol. The zero-order valence-electron chi connectivity index (χ0n) is 12.4. The van der Waals surface area contributed by atoms with E-state index in [-0.39, 0.29) is 22.0 Å². The monoisotopic (exact) mass is 352 g/mol. The predicted octanol–water partition coefficient (Wildman–Crippen LogP) is 2.83. The van der Waals surface area contributed by atoms with Gasteiger partial charge >= 0.3 is 10.1 Å². The third kappa shape index (κ3) is 3.66. The Balaban J connectivity index is 2.41. The summed E-state index contributed by atoms with van der Waals surface area (Å²) < 4.78 is 29.7. The molecule has 0 aromatic heterocycles. The third-order valence-electron chi connectivity index (χ3n) is 3.17. The third-order valence-corrected chi connectivity index (χ3v) is 4.50. The molecule has 0 saturated carbocycles. The van der Waals surface area contributed by atoms with Crippen LogP contribution in [0.15, 0.2) is 47.4 Å². The molecule has 9 nitrogen and oxygen atoms in total. The number of rotatable bonds is 6. The van der Waals surface area contributed by atoms with Crippen molar-refractivity contribution in [2.24, 2.45) is 0 Å². The van der Waals surface area contributed by atoms with Gasteiger partial charge in [0.1, 0.15) is 10.6 Å². The van der Waals surface area contributed by atoms with Crippen LogP contribution in [-0.4, -0.2) is 18.3 Å². The van der Waals surface area contributed by atoms with Crippen molar-refractivity contribution in [3.63, 3.8) is 0 Å². The number of benzene rings is 2. The molecular formula is C14H12N2O7S. The lowest BCUT2D eigenvalue weighted by Gasteiger charge is -2.10. The molecule has 0 aliphatic carbocycles. The normalized spacial score (nSPS) is 11.0. The zero-order valence-corrected chi connectivity index (χ0v) is 13.2. The number of aryl methyl sites for hydroxylation is 1. The minimum atomic E-state index is -4.32. The van der Waals surface area contributed by atoms with Gasteiger partial charge in [-0.3, -0.25) is 20.2 Å². The average Bonchev–Trinajstić information content (AvgIpc) is 2.54. The Morgan fingerprint density at radius 1 is 0.958 bits per heavy atom. The summed E-state index contributed by atoms with van der Waals surface area (Å²) in [7, 11) is -4.32. The zero-order chi connectivity index (χ0) is 17.9. The number of hydrogen-bond donors (Lipinski definition) is 0. The highest BCUT2D eigenvalue weighted by molar-refractivity contribution is 7.87. The van der Waals surface area contributed by atoms with Gasteiger partial charge in [0.15, 0.2) is 0 Å². The lowest BCUT2D eigenvalue weighted by Crippen LogP contribution is -2.12. The Morgan fingerprint density at radius 3 is 2.00 bits per heavy atom. The highest BCUT2D eigenvalue weighted by Gasteiger charge is 2.24. The van der Waals surface area contributed by atoms with Gasteiger partial charge < -0.3 is 4.18 Å². The van der Waals surface area contributed by atoms with Crippen molar-refractivity contribution in [2.45, 2.75) is 18.2 Å². The van der Waals surface area contributed by atoms with Crippen molar-refractivity contribution in [3.8, 4) is 5.75 Å². The van der Waals surface area contributed by atoms with Crippen molar-refractivity contribution in [3.05, 3.63) is 68.3 Å². The molecule has 2 aromatic rings. The maximum absolute atomic E-state index is 12.4. The van der Waals surface area contributed by atoms with Crippen LogP contribution in [0.25, 0.3) is 0 Å². The van der Waals surface area contributed by atoms with Gasteiger partial charge in [-0.1, -0.05) is 13.0 Å². The first-order valence-electron chi connectivity index (χ1n) is 6.71. The van der Waals surface area contributed by atoms with Crippen LogP contribution in [0.2, 0.25) is 0 Å². The summed E-state index contributed by atoms with van der Waals surface area (Å²) in [4.78, 5) is 19.8. The van der Waals surface area contributed by atoms with E-state index in [1.54, 1.807) is 6.92 Å². The summed E-state index contributed by atoms with van der Waals surface area (Å²) in [5.41, 5.74) is -0.232. The molecule has 0 saturated heterocycles. The molecule has 24 heavy (non-hydrogen) atoms. The first-order chi connectivity index (χ1) is 11.2. The van der Waals surface area contributed by atoms with E-state index in [0.29, 0.717) is 12.0 Å². The van der Waals surface area contributed by atoms with E-state index in [1.807, 2.05) is 0 Å². The van der Waals surface area contributed by atoms with Crippen LogP contribution in [0.5, 0.6) is 5.75 Å². The molecule has 126 valence electrons. The summed E-state index contributed by atoms with van der Waals surface area (Å²) >= 11 is 0. The van der Waals surface area contributed by atoms with Gasteiger partial charge in [-0.15, -0.1) is 0 Å². The van der Waals surface area contributed by atoms with Crippen LogP contribution in [0.1, 0.15) is 12.5 Å². The summed E-state index contributed by atoms with van der Waals surface area (Å²) in [5.74, 6) is -0.130. The molecule has 0 aliphatic rings. The molecule has 0 atom stereocenters. The van der Waals surface area contributed by atoms with Crippen LogP contribution < -0.4 is 4.18 Å². The molecule has 0 bridgehead atoms. The minimum Gasteiger partial charge on any atom is -0.379 e. The van der Waals surface area contributed by atoms with Gasteiger partial charge in [-0.25, -0.2) is 0 Å². The lowest BCUT2D eigenvalue weighted by molar-refractivity contribution is -0.385. The molecule has 0 N–H and O–H groups in total. The van der Waals surface area contributed by atoms with E-state index < -0.39 is 20.0 Å². The number of non-ortho nitro benzene ring substituents is 2. The van der Waals surface area contributed by atoms with Crippen molar-refractivity contribution < 1.29 is 22.4 Å². The van der Waals surface area contributed by atoms with Gasteiger partial charge in [-0.2, -0.15) is 8.42 Å². The van der Waals surface area contributed by atoms with Gasteiger partial charge in [-0.05, 0) is 24.1 Å². The topological polar surface area (TPSA) is 130 Å². The Hall–Kier alpha value is -3.01. The lowest BCUT2D eigenvalue weighted by atomic mass is 10.1. The Morgan fingerprint density at radius 2 is 1.50 bits per heavy atom. The van der Waals surface area contributed by atoms with Crippen LogP contribution in [0, 0.1) is 20.2 Å². The number of nitro groups is 2.